The van der Waals surface area contributed by atoms with Crippen LogP contribution in [0.25, 0.3) is 33.0 Å². The number of rotatable bonds is 2. The highest BCUT2D eigenvalue weighted by Gasteiger charge is 2.08. The number of nitrogens with zero attached hydrogens (tertiary/aromatic N) is 1. The maximum Gasteiger partial charge on any atom is 0.227 e. The Bertz CT molecular complexity index is 875. The first-order chi connectivity index (χ1) is 10.3. The van der Waals surface area contributed by atoms with Crippen LogP contribution in [0.5, 0.6) is 0 Å². The average Bonchev–Trinajstić information content (AvgIpc) is 3.13. The average molecular weight is 312 g/mol. The maximum atomic E-state index is 5.98. The summed E-state index contributed by atoms with van der Waals surface area (Å²) in [4.78, 5) is 5.66. The molecule has 0 atom stereocenters. The normalized spacial score (nSPS) is 11.1. The molecule has 2 aromatic carbocycles. The van der Waals surface area contributed by atoms with Crippen molar-refractivity contribution < 1.29 is 4.42 Å². The van der Waals surface area contributed by atoms with Crippen molar-refractivity contribution in [3.63, 3.8) is 0 Å². The number of halogens is 1. The highest BCUT2D eigenvalue weighted by molar-refractivity contribution is 7.19. The van der Waals surface area contributed by atoms with Crippen molar-refractivity contribution in [3.05, 3.63) is 65.0 Å². The first-order valence-corrected chi connectivity index (χ1v) is 7.71. The van der Waals surface area contributed by atoms with E-state index < -0.39 is 0 Å². The lowest BCUT2D eigenvalue weighted by Crippen LogP contribution is -1.78. The standard InChI is InChI=1S/C17H10ClNOS/c18-16-10-9-15(21-16)11-5-7-12(8-6-11)17-19-13-3-1-2-4-14(13)20-17/h1-10H. The third-order valence-electron chi connectivity index (χ3n) is 3.28. The Morgan fingerprint density at radius 3 is 2.33 bits per heavy atom. The van der Waals surface area contributed by atoms with E-state index in [0.717, 1.165) is 31.4 Å². The third kappa shape index (κ3) is 2.35. The van der Waals surface area contributed by atoms with Crippen molar-refractivity contribution in [2.75, 3.05) is 0 Å². The van der Waals surface area contributed by atoms with E-state index in [9.17, 15) is 0 Å². The summed E-state index contributed by atoms with van der Waals surface area (Å²) in [5, 5.41) is 0. The van der Waals surface area contributed by atoms with Crippen molar-refractivity contribution in [1.82, 2.24) is 4.98 Å². The summed E-state index contributed by atoms with van der Waals surface area (Å²) in [5.74, 6) is 0.645. The summed E-state index contributed by atoms with van der Waals surface area (Å²) in [6, 6.07) is 19.9. The predicted octanol–water partition coefficient (Wildman–Crippen LogP) is 5.88. The monoisotopic (exact) mass is 311 g/mol. The second-order valence-electron chi connectivity index (χ2n) is 4.67. The van der Waals surface area contributed by atoms with Gasteiger partial charge < -0.3 is 4.42 Å². The summed E-state index contributed by atoms with van der Waals surface area (Å²) >= 11 is 7.55. The largest absolute Gasteiger partial charge is 0.436 e. The number of hydrogen-bond acceptors (Lipinski definition) is 3. The number of para-hydroxylation sites is 2. The van der Waals surface area contributed by atoms with E-state index in [1.807, 2.05) is 48.5 Å². The summed E-state index contributed by atoms with van der Waals surface area (Å²) < 4.78 is 6.57. The van der Waals surface area contributed by atoms with E-state index in [0.29, 0.717) is 5.89 Å². The maximum absolute atomic E-state index is 5.98. The van der Waals surface area contributed by atoms with Crippen LogP contribution in [0.15, 0.2) is 65.1 Å². The molecule has 4 rings (SSSR count). The minimum absolute atomic E-state index is 0.645. The van der Waals surface area contributed by atoms with E-state index in [4.69, 9.17) is 16.0 Å². The van der Waals surface area contributed by atoms with Gasteiger partial charge in [0.05, 0.1) is 4.34 Å². The smallest absolute Gasteiger partial charge is 0.227 e. The first-order valence-electron chi connectivity index (χ1n) is 6.51. The molecule has 4 heteroatoms. The molecule has 0 aliphatic rings. The van der Waals surface area contributed by atoms with Gasteiger partial charge in [-0.3, -0.25) is 0 Å². The van der Waals surface area contributed by atoms with E-state index in [1.54, 1.807) is 11.3 Å². The molecule has 0 radical (unpaired) electrons. The fraction of sp³-hybridized carbons (Fsp3) is 0. The molecule has 0 aliphatic carbocycles. The van der Waals surface area contributed by atoms with E-state index >= 15 is 0 Å². The zero-order valence-corrected chi connectivity index (χ0v) is 12.5. The van der Waals surface area contributed by atoms with Crippen LogP contribution in [0.1, 0.15) is 0 Å². The van der Waals surface area contributed by atoms with Gasteiger partial charge in [-0.2, -0.15) is 0 Å². The van der Waals surface area contributed by atoms with Crippen LogP contribution in [0.2, 0.25) is 4.34 Å². The Morgan fingerprint density at radius 1 is 0.857 bits per heavy atom. The van der Waals surface area contributed by atoms with Crippen LogP contribution < -0.4 is 0 Å². The van der Waals surface area contributed by atoms with Crippen LogP contribution >= 0.6 is 22.9 Å². The van der Waals surface area contributed by atoms with Crippen LogP contribution in [0.4, 0.5) is 0 Å². The molecular formula is C17H10ClNOS. The van der Waals surface area contributed by atoms with E-state index in [1.165, 1.54) is 0 Å². The SMILES string of the molecule is Clc1ccc(-c2ccc(-c3nc4ccccc4o3)cc2)s1. The van der Waals surface area contributed by atoms with Crippen LogP contribution in [-0.2, 0) is 0 Å². The van der Waals surface area contributed by atoms with Crippen molar-refractivity contribution in [2.24, 2.45) is 0 Å². The molecule has 4 aromatic rings. The zero-order valence-electron chi connectivity index (χ0n) is 10.9. The first kappa shape index (κ1) is 12.6. The minimum Gasteiger partial charge on any atom is -0.436 e. The number of aromatic nitrogens is 1. The summed E-state index contributed by atoms with van der Waals surface area (Å²) in [6.07, 6.45) is 0. The Kier molecular flexibility index (Phi) is 3.02. The summed E-state index contributed by atoms with van der Waals surface area (Å²) in [5.41, 5.74) is 3.80. The van der Waals surface area contributed by atoms with Gasteiger partial charge in [0.2, 0.25) is 5.89 Å². The van der Waals surface area contributed by atoms with Gasteiger partial charge in [0.1, 0.15) is 5.52 Å². The molecule has 2 nitrogen and oxygen atoms in total. The molecule has 0 saturated carbocycles. The van der Waals surface area contributed by atoms with Gasteiger partial charge in [-0.1, -0.05) is 35.9 Å². The molecule has 0 N–H and O–H groups in total. The number of hydrogen-bond donors (Lipinski definition) is 0. The lowest BCUT2D eigenvalue weighted by Gasteiger charge is -1.99. The molecule has 2 aromatic heterocycles. The Balaban J connectivity index is 1.72. The number of benzene rings is 2. The zero-order chi connectivity index (χ0) is 14.2. The summed E-state index contributed by atoms with van der Waals surface area (Å²) in [6.45, 7) is 0. The molecule has 102 valence electrons. The second kappa shape index (κ2) is 5.02. The lowest BCUT2D eigenvalue weighted by molar-refractivity contribution is 0.620. The fourth-order valence-corrected chi connectivity index (χ4v) is 3.29. The molecule has 0 saturated heterocycles. The number of fused-ring (bicyclic) bond motifs is 1. The Labute approximate surface area is 130 Å². The molecule has 0 aliphatic heterocycles. The van der Waals surface area contributed by atoms with Gasteiger partial charge >= 0.3 is 0 Å². The Hall–Kier alpha value is -2.10. The lowest BCUT2D eigenvalue weighted by atomic mass is 10.1. The third-order valence-corrected chi connectivity index (χ3v) is 4.56. The highest BCUT2D eigenvalue weighted by atomic mass is 35.5. The van der Waals surface area contributed by atoms with Gasteiger partial charge in [-0.15, -0.1) is 11.3 Å². The Morgan fingerprint density at radius 2 is 1.62 bits per heavy atom. The van der Waals surface area contributed by atoms with Crippen molar-refractivity contribution >= 4 is 34.0 Å². The minimum atomic E-state index is 0.645. The predicted molar refractivity (Wildman–Crippen MR) is 87.8 cm³/mol. The number of thiophene rings is 1. The van der Waals surface area contributed by atoms with Gasteiger partial charge in [-0.05, 0) is 42.0 Å². The van der Waals surface area contributed by atoms with Gasteiger partial charge in [0.15, 0.2) is 5.58 Å². The van der Waals surface area contributed by atoms with Crippen molar-refractivity contribution in [1.29, 1.82) is 0 Å². The van der Waals surface area contributed by atoms with E-state index in [2.05, 4.69) is 17.1 Å². The van der Waals surface area contributed by atoms with Gasteiger partial charge in [0.25, 0.3) is 0 Å². The topological polar surface area (TPSA) is 26.0 Å². The van der Waals surface area contributed by atoms with Crippen molar-refractivity contribution in [2.45, 2.75) is 0 Å². The highest BCUT2D eigenvalue weighted by Crippen LogP contribution is 2.32. The van der Waals surface area contributed by atoms with Crippen LogP contribution in [-0.4, -0.2) is 4.98 Å². The summed E-state index contributed by atoms with van der Waals surface area (Å²) in [7, 11) is 0. The molecule has 2 heterocycles. The molecule has 0 bridgehead atoms. The molecule has 0 amide bonds. The van der Waals surface area contributed by atoms with Gasteiger partial charge in [-0.25, -0.2) is 4.98 Å². The van der Waals surface area contributed by atoms with Gasteiger partial charge in [0, 0.05) is 10.4 Å². The molecule has 0 spiro atoms. The molecule has 0 fully saturated rings. The molecular weight excluding hydrogens is 302 g/mol. The molecule has 21 heavy (non-hydrogen) atoms. The number of oxazole rings is 1. The second-order valence-corrected chi connectivity index (χ2v) is 6.38. The van der Waals surface area contributed by atoms with Crippen molar-refractivity contribution in [3.8, 4) is 21.9 Å². The van der Waals surface area contributed by atoms with Crippen LogP contribution in [0.3, 0.4) is 0 Å². The van der Waals surface area contributed by atoms with Crippen LogP contribution in [0, 0.1) is 0 Å². The van der Waals surface area contributed by atoms with E-state index in [-0.39, 0.29) is 0 Å². The molecule has 0 unspecified atom stereocenters. The quantitative estimate of drug-likeness (QED) is 0.462. The fourth-order valence-electron chi connectivity index (χ4n) is 2.24.